The van der Waals surface area contributed by atoms with Crippen molar-refractivity contribution in [3.8, 4) is 16.9 Å². The average Bonchev–Trinajstić information content (AvgIpc) is 2.47. The van der Waals surface area contributed by atoms with Gasteiger partial charge in [-0.3, -0.25) is 9.78 Å². The molecule has 0 saturated heterocycles. The van der Waals surface area contributed by atoms with Gasteiger partial charge in [-0.2, -0.15) is 0 Å². The summed E-state index contributed by atoms with van der Waals surface area (Å²) in [6.45, 7) is 0. The molecular formula is C16H11NO2. The highest BCUT2D eigenvalue weighted by Gasteiger charge is 2.05. The summed E-state index contributed by atoms with van der Waals surface area (Å²) in [5, 5.41) is 10.5. The van der Waals surface area contributed by atoms with Crippen molar-refractivity contribution >= 4 is 17.2 Å². The van der Waals surface area contributed by atoms with Gasteiger partial charge in [0.2, 0.25) is 0 Å². The summed E-state index contributed by atoms with van der Waals surface area (Å²) in [6, 6.07) is 14.8. The van der Waals surface area contributed by atoms with Gasteiger partial charge in [-0.25, -0.2) is 0 Å². The van der Waals surface area contributed by atoms with Gasteiger partial charge in [-0.15, -0.1) is 0 Å². The minimum atomic E-state index is -0.00695. The van der Waals surface area contributed by atoms with Crippen LogP contribution in [0.3, 0.4) is 0 Å². The third-order valence-corrected chi connectivity index (χ3v) is 3.08. The lowest BCUT2D eigenvalue weighted by Gasteiger charge is -2.05. The van der Waals surface area contributed by atoms with Gasteiger partial charge in [-0.1, -0.05) is 24.3 Å². The lowest BCUT2D eigenvalue weighted by molar-refractivity contribution is 0.112. The van der Waals surface area contributed by atoms with Crippen LogP contribution in [0.5, 0.6) is 5.75 Å². The van der Waals surface area contributed by atoms with Gasteiger partial charge < -0.3 is 5.11 Å². The van der Waals surface area contributed by atoms with Crippen LogP contribution in [0.25, 0.3) is 22.0 Å². The number of para-hydroxylation sites is 1. The standard InChI is InChI=1S/C16H11NO2/c18-10-14-7-11(5-6-16(14)19)13-8-12-3-1-2-4-15(12)17-9-13/h1-10,19H. The molecule has 3 nitrogen and oxygen atoms in total. The minimum Gasteiger partial charge on any atom is -0.507 e. The Morgan fingerprint density at radius 1 is 1.00 bits per heavy atom. The highest BCUT2D eigenvalue weighted by molar-refractivity contribution is 5.86. The molecule has 19 heavy (non-hydrogen) atoms. The molecule has 2 aromatic carbocycles. The van der Waals surface area contributed by atoms with Gasteiger partial charge in [0.05, 0.1) is 11.1 Å². The summed E-state index contributed by atoms with van der Waals surface area (Å²) >= 11 is 0. The van der Waals surface area contributed by atoms with Gasteiger partial charge in [0.25, 0.3) is 0 Å². The first-order valence-corrected chi connectivity index (χ1v) is 5.91. The molecule has 0 saturated carbocycles. The number of pyridine rings is 1. The predicted octanol–water partition coefficient (Wildman–Crippen LogP) is 3.42. The maximum absolute atomic E-state index is 10.8. The molecule has 3 rings (SSSR count). The smallest absolute Gasteiger partial charge is 0.153 e. The number of phenolic OH excluding ortho intramolecular Hbond substituents is 1. The summed E-state index contributed by atoms with van der Waals surface area (Å²) < 4.78 is 0. The van der Waals surface area contributed by atoms with Crippen LogP contribution in [0, 0.1) is 0 Å². The van der Waals surface area contributed by atoms with Crippen molar-refractivity contribution in [2.45, 2.75) is 0 Å². The van der Waals surface area contributed by atoms with E-state index in [1.54, 1.807) is 18.3 Å². The number of rotatable bonds is 2. The summed E-state index contributed by atoms with van der Waals surface area (Å²) in [4.78, 5) is 15.2. The minimum absolute atomic E-state index is 0.00695. The lowest BCUT2D eigenvalue weighted by Crippen LogP contribution is -1.86. The van der Waals surface area contributed by atoms with E-state index in [0.29, 0.717) is 6.29 Å². The highest BCUT2D eigenvalue weighted by atomic mass is 16.3. The topological polar surface area (TPSA) is 50.2 Å². The van der Waals surface area contributed by atoms with E-state index in [0.717, 1.165) is 22.0 Å². The molecule has 0 atom stereocenters. The van der Waals surface area contributed by atoms with Gasteiger partial charge in [0, 0.05) is 17.1 Å². The number of phenols is 1. The molecule has 0 aliphatic carbocycles. The van der Waals surface area contributed by atoms with Crippen LogP contribution in [-0.4, -0.2) is 16.4 Å². The number of hydrogen-bond donors (Lipinski definition) is 1. The van der Waals surface area contributed by atoms with E-state index in [4.69, 9.17) is 0 Å². The molecule has 0 unspecified atom stereocenters. The van der Waals surface area contributed by atoms with Crippen LogP contribution < -0.4 is 0 Å². The molecule has 3 aromatic rings. The van der Waals surface area contributed by atoms with Gasteiger partial charge in [0.15, 0.2) is 6.29 Å². The quantitative estimate of drug-likeness (QED) is 0.708. The first kappa shape index (κ1) is 11.4. The summed E-state index contributed by atoms with van der Waals surface area (Å²) in [6.07, 6.45) is 2.41. The summed E-state index contributed by atoms with van der Waals surface area (Å²) in [7, 11) is 0. The molecule has 1 N–H and O–H groups in total. The maximum atomic E-state index is 10.8. The van der Waals surface area contributed by atoms with E-state index < -0.39 is 0 Å². The van der Waals surface area contributed by atoms with E-state index in [2.05, 4.69) is 4.98 Å². The summed E-state index contributed by atoms with van der Waals surface area (Å²) in [5.41, 5.74) is 2.99. The number of carbonyl (C=O) groups excluding carboxylic acids is 1. The second kappa shape index (κ2) is 4.53. The van der Waals surface area contributed by atoms with Crippen molar-refractivity contribution < 1.29 is 9.90 Å². The molecular weight excluding hydrogens is 238 g/mol. The van der Waals surface area contributed by atoms with E-state index in [1.807, 2.05) is 30.3 Å². The van der Waals surface area contributed by atoms with Crippen LogP contribution >= 0.6 is 0 Å². The van der Waals surface area contributed by atoms with Crippen molar-refractivity contribution in [1.82, 2.24) is 4.98 Å². The molecule has 1 aromatic heterocycles. The SMILES string of the molecule is O=Cc1cc(-c2cnc3ccccc3c2)ccc1O. The van der Waals surface area contributed by atoms with Crippen molar-refractivity contribution in [2.24, 2.45) is 0 Å². The largest absolute Gasteiger partial charge is 0.507 e. The van der Waals surface area contributed by atoms with Crippen LogP contribution in [0.15, 0.2) is 54.7 Å². The molecule has 1 heterocycles. The fraction of sp³-hybridized carbons (Fsp3) is 0. The molecule has 0 spiro atoms. The van der Waals surface area contributed by atoms with Gasteiger partial charge in [-0.05, 0) is 29.8 Å². The first-order chi connectivity index (χ1) is 9.28. The van der Waals surface area contributed by atoms with Crippen molar-refractivity contribution in [1.29, 1.82) is 0 Å². The third-order valence-electron chi connectivity index (χ3n) is 3.08. The van der Waals surface area contributed by atoms with Crippen LogP contribution in [0.2, 0.25) is 0 Å². The van der Waals surface area contributed by atoms with Crippen LogP contribution in [0.4, 0.5) is 0 Å². The average molecular weight is 249 g/mol. The van der Waals surface area contributed by atoms with Crippen molar-refractivity contribution in [2.75, 3.05) is 0 Å². The second-order valence-corrected chi connectivity index (χ2v) is 4.31. The first-order valence-electron chi connectivity index (χ1n) is 5.91. The summed E-state index contributed by atoms with van der Waals surface area (Å²) in [5.74, 6) is -0.00695. The number of benzene rings is 2. The molecule has 0 fully saturated rings. The fourth-order valence-electron chi connectivity index (χ4n) is 2.06. The van der Waals surface area contributed by atoms with Crippen molar-refractivity contribution in [3.05, 3.63) is 60.3 Å². The Bertz CT molecular complexity index is 766. The monoisotopic (exact) mass is 249 g/mol. The zero-order valence-corrected chi connectivity index (χ0v) is 10.1. The second-order valence-electron chi connectivity index (χ2n) is 4.31. The number of aldehydes is 1. The number of fused-ring (bicyclic) bond motifs is 1. The molecule has 92 valence electrons. The molecule has 0 aliphatic rings. The van der Waals surface area contributed by atoms with Crippen LogP contribution in [-0.2, 0) is 0 Å². The normalized spacial score (nSPS) is 10.5. The molecule has 0 bridgehead atoms. The zero-order valence-electron chi connectivity index (χ0n) is 10.1. The van der Waals surface area contributed by atoms with Crippen LogP contribution in [0.1, 0.15) is 10.4 Å². The molecule has 0 amide bonds. The highest BCUT2D eigenvalue weighted by Crippen LogP contribution is 2.26. The number of aromatic nitrogens is 1. The number of aromatic hydroxyl groups is 1. The van der Waals surface area contributed by atoms with E-state index >= 15 is 0 Å². The number of carbonyl (C=O) groups is 1. The third kappa shape index (κ3) is 2.06. The van der Waals surface area contributed by atoms with Gasteiger partial charge in [0.1, 0.15) is 5.75 Å². The lowest BCUT2D eigenvalue weighted by atomic mass is 10.0. The Balaban J connectivity index is 2.16. The Hall–Kier alpha value is -2.68. The van der Waals surface area contributed by atoms with E-state index in [-0.39, 0.29) is 11.3 Å². The maximum Gasteiger partial charge on any atom is 0.153 e. The Labute approximate surface area is 110 Å². The molecule has 3 heteroatoms. The molecule has 0 radical (unpaired) electrons. The Kier molecular flexibility index (Phi) is 2.72. The fourth-order valence-corrected chi connectivity index (χ4v) is 2.06. The molecule has 0 aliphatic heterocycles. The number of hydrogen-bond acceptors (Lipinski definition) is 3. The zero-order chi connectivity index (χ0) is 13.2. The van der Waals surface area contributed by atoms with Crippen molar-refractivity contribution in [3.63, 3.8) is 0 Å². The van der Waals surface area contributed by atoms with E-state index in [9.17, 15) is 9.90 Å². The Morgan fingerprint density at radius 2 is 1.84 bits per heavy atom. The number of nitrogens with zero attached hydrogens (tertiary/aromatic N) is 1. The predicted molar refractivity (Wildman–Crippen MR) is 74.2 cm³/mol. The van der Waals surface area contributed by atoms with Gasteiger partial charge >= 0.3 is 0 Å². The van der Waals surface area contributed by atoms with E-state index in [1.165, 1.54) is 6.07 Å². The Morgan fingerprint density at radius 3 is 2.68 bits per heavy atom.